The van der Waals surface area contributed by atoms with Gasteiger partial charge in [0, 0.05) is 38.8 Å². The van der Waals surface area contributed by atoms with Crippen molar-refractivity contribution >= 4 is 70.1 Å². The van der Waals surface area contributed by atoms with Gasteiger partial charge in [-0.25, -0.2) is 0 Å². The number of hydrogen-bond donors (Lipinski definition) is 0. The van der Waals surface area contributed by atoms with E-state index in [1.807, 2.05) is 0 Å². The summed E-state index contributed by atoms with van der Waals surface area (Å²) in [5.74, 6) is 0.190. The Kier molecular flexibility index (Phi) is 8.01. The topological polar surface area (TPSA) is 9.86 Å². The molecule has 2 aromatic heterocycles. The molecule has 2 nitrogen and oxygen atoms in total. The molecule has 0 spiro atoms. The molecule has 0 radical (unpaired) electrons. The first-order chi connectivity index (χ1) is 28.5. The molecule has 4 heteroatoms. The molecule has 1 aliphatic rings. The zero-order valence-corrected chi connectivity index (χ0v) is 36.7. The number of benzene rings is 8. The average Bonchev–Trinajstić information content (AvgIpc) is 3.87. The summed E-state index contributed by atoms with van der Waals surface area (Å²) >= 11 is 0. The molecule has 0 fully saturated rings. The highest BCUT2D eigenvalue weighted by atomic mass is 28.3. The van der Waals surface area contributed by atoms with E-state index in [1.54, 1.807) is 0 Å². The molecule has 0 aliphatic heterocycles. The number of fused-ring (bicyclic) bond motifs is 9. The standard InChI is InChI=1S/C55H48N2Si2/c1-58(2,3)41-24-29-52-48(34-41)45-26-21-38(37-22-28-51-47(31-37)49-35-42(59(4,5)6)25-30-53(49)56(51)39-17-11-8-12-18-39)32-54(45)57(52)40-23-27-44-43-19-13-14-20-46(43)55(50(44)33-40)36-15-9-7-10-16-36/h7-35,55H,1-6H3. The lowest BCUT2D eigenvalue weighted by molar-refractivity contribution is 1.01. The largest absolute Gasteiger partial charge is 0.309 e. The van der Waals surface area contributed by atoms with Crippen molar-refractivity contribution in [2.24, 2.45) is 0 Å². The van der Waals surface area contributed by atoms with Crippen LogP contribution in [0.3, 0.4) is 0 Å². The monoisotopic (exact) mass is 792 g/mol. The summed E-state index contributed by atoms with van der Waals surface area (Å²) in [6.45, 7) is 14.7. The van der Waals surface area contributed by atoms with Crippen LogP contribution in [0, 0.1) is 0 Å². The molecule has 2 heterocycles. The van der Waals surface area contributed by atoms with Crippen LogP contribution >= 0.6 is 0 Å². The Labute approximate surface area is 349 Å². The average molecular weight is 793 g/mol. The predicted octanol–water partition coefficient (Wildman–Crippen LogP) is 13.8. The fourth-order valence-electron chi connectivity index (χ4n) is 9.81. The van der Waals surface area contributed by atoms with Gasteiger partial charge in [0.25, 0.3) is 0 Å². The third kappa shape index (κ3) is 5.72. The summed E-state index contributed by atoms with van der Waals surface area (Å²) < 4.78 is 4.97. The van der Waals surface area contributed by atoms with Gasteiger partial charge in [0.2, 0.25) is 0 Å². The van der Waals surface area contributed by atoms with Gasteiger partial charge in [-0.2, -0.15) is 0 Å². The Hall–Kier alpha value is -6.21. The maximum absolute atomic E-state index is 2.54. The highest BCUT2D eigenvalue weighted by molar-refractivity contribution is 6.89. The van der Waals surface area contributed by atoms with Crippen molar-refractivity contribution in [1.29, 1.82) is 0 Å². The van der Waals surface area contributed by atoms with E-state index in [9.17, 15) is 0 Å². The molecule has 0 saturated heterocycles. The Morgan fingerprint density at radius 1 is 0.356 bits per heavy atom. The SMILES string of the molecule is C[Si](C)(C)c1ccc2c(c1)c1cc(-c3ccc4c5cc([Si](C)(C)C)ccc5n(-c5ccc6c(c5)C(c5ccccc5)c5ccccc5-6)c4c3)ccc1n2-c1ccccc1. The first-order valence-electron chi connectivity index (χ1n) is 21.0. The van der Waals surface area contributed by atoms with Gasteiger partial charge in [-0.1, -0.05) is 171 Å². The molecule has 0 saturated carbocycles. The molecule has 10 aromatic rings. The maximum atomic E-state index is 2.54. The van der Waals surface area contributed by atoms with Gasteiger partial charge in [-0.3, -0.25) is 0 Å². The third-order valence-corrected chi connectivity index (χ3v) is 17.0. The highest BCUT2D eigenvalue weighted by Crippen LogP contribution is 2.49. The summed E-state index contributed by atoms with van der Waals surface area (Å²) in [7, 11) is -3.11. The van der Waals surface area contributed by atoms with Crippen LogP contribution in [-0.2, 0) is 0 Å². The van der Waals surface area contributed by atoms with Gasteiger partial charge in [0.15, 0.2) is 0 Å². The summed E-state index contributed by atoms with van der Waals surface area (Å²) in [5.41, 5.74) is 16.6. The predicted molar refractivity (Wildman–Crippen MR) is 259 cm³/mol. The van der Waals surface area contributed by atoms with Crippen LogP contribution < -0.4 is 10.4 Å². The lowest BCUT2D eigenvalue weighted by atomic mass is 9.89. The molecule has 8 aromatic carbocycles. The van der Waals surface area contributed by atoms with Crippen LogP contribution in [0.2, 0.25) is 39.3 Å². The Morgan fingerprint density at radius 2 is 0.881 bits per heavy atom. The minimum atomic E-state index is -1.56. The quantitative estimate of drug-likeness (QED) is 0.148. The van der Waals surface area contributed by atoms with Crippen LogP contribution in [0.1, 0.15) is 22.6 Å². The molecule has 0 N–H and O–H groups in total. The summed E-state index contributed by atoms with van der Waals surface area (Å²) in [6.07, 6.45) is 0. The van der Waals surface area contributed by atoms with Crippen LogP contribution in [0.5, 0.6) is 0 Å². The van der Waals surface area contributed by atoms with Crippen molar-refractivity contribution in [2.45, 2.75) is 45.2 Å². The van der Waals surface area contributed by atoms with E-state index in [2.05, 4.69) is 224 Å². The Balaban J connectivity index is 1.14. The molecular formula is C55H48N2Si2. The lowest BCUT2D eigenvalue weighted by Crippen LogP contribution is -2.37. The van der Waals surface area contributed by atoms with E-state index in [4.69, 9.17) is 0 Å². The van der Waals surface area contributed by atoms with Crippen LogP contribution in [0.25, 0.3) is 77.2 Å². The van der Waals surface area contributed by atoms with Crippen LogP contribution in [0.15, 0.2) is 176 Å². The second kappa shape index (κ2) is 13.2. The Morgan fingerprint density at radius 3 is 1.56 bits per heavy atom. The lowest BCUT2D eigenvalue weighted by Gasteiger charge is -2.18. The fraction of sp³-hybridized carbons (Fsp3) is 0.127. The van der Waals surface area contributed by atoms with E-state index >= 15 is 0 Å². The zero-order chi connectivity index (χ0) is 40.2. The van der Waals surface area contributed by atoms with Gasteiger partial charge in [0.05, 0.1) is 38.2 Å². The summed E-state index contributed by atoms with van der Waals surface area (Å²) in [5, 5.41) is 8.22. The second-order valence-corrected chi connectivity index (χ2v) is 28.8. The molecule has 0 bridgehead atoms. The molecule has 1 atom stereocenters. The van der Waals surface area contributed by atoms with Crippen molar-refractivity contribution < 1.29 is 0 Å². The number of nitrogens with zero attached hydrogens (tertiary/aromatic N) is 2. The highest BCUT2D eigenvalue weighted by Gasteiger charge is 2.31. The van der Waals surface area contributed by atoms with Crippen molar-refractivity contribution in [3.05, 3.63) is 193 Å². The number of aromatic nitrogens is 2. The first kappa shape index (κ1) is 35.9. The number of para-hydroxylation sites is 1. The van der Waals surface area contributed by atoms with Gasteiger partial charge in [-0.05, 0) is 93.5 Å². The van der Waals surface area contributed by atoms with Crippen molar-refractivity contribution in [2.75, 3.05) is 0 Å². The summed E-state index contributed by atoms with van der Waals surface area (Å²) in [6, 6.07) is 66.8. The van der Waals surface area contributed by atoms with Gasteiger partial charge >= 0.3 is 0 Å². The zero-order valence-electron chi connectivity index (χ0n) is 34.7. The van der Waals surface area contributed by atoms with Crippen LogP contribution in [-0.4, -0.2) is 25.3 Å². The Bertz CT molecular complexity index is 3280. The fourth-order valence-corrected chi connectivity index (χ4v) is 12.1. The molecule has 1 aliphatic carbocycles. The summed E-state index contributed by atoms with van der Waals surface area (Å²) in [4.78, 5) is 0. The number of hydrogen-bond acceptors (Lipinski definition) is 0. The molecule has 1 unspecified atom stereocenters. The molecule has 0 amide bonds. The van der Waals surface area contributed by atoms with Gasteiger partial charge < -0.3 is 9.13 Å². The van der Waals surface area contributed by atoms with Crippen molar-refractivity contribution in [3.8, 4) is 33.6 Å². The first-order valence-corrected chi connectivity index (χ1v) is 28.0. The minimum Gasteiger partial charge on any atom is -0.309 e. The second-order valence-electron chi connectivity index (χ2n) is 18.6. The normalized spacial score (nSPS) is 14.1. The van der Waals surface area contributed by atoms with E-state index in [-0.39, 0.29) is 5.92 Å². The van der Waals surface area contributed by atoms with E-state index in [1.165, 1.54) is 104 Å². The molecule has 59 heavy (non-hydrogen) atoms. The van der Waals surface area contributed by atoms with Crippen molar-refractivity contribution in [1.82, 2.24) is 9.13 Å². The van der Waals surface area contributed by atoms with E-state index in [0.717, 1.165) is 0 Å². The maximum Gasteiger partial charge on any atom is 0.0776 e. The number of rotatable bonds is 6. The van der Waals surface area contributed by atoms with E-state index < -0.39 is 16.1 Å². The molecular weight excluding hydrogens is 745 g/mol. The van der Waals surface area contributed by atoms with Crippen molar-refractivity contribution in [3.63, 3.8) is 0 Å². The van der Waals surface area contributed by atoms with Gasteiger partial charge in [0.1, 0.15) is 0 Å². The molecule has 11 rings (SSSR count). The smallest absolute Gasteiger partial charge is 0.0776 e. The van der Waals surface area contributed by atoms with Crippen LogP contribution in [0.4, 0.5) is 0 Å². The van der Waals surface area contributed by atoms with E-state index in [0.29, 0.717) is 0 Å². The van der Waals surface area contributed by atoms with Gasteiger partial charge in [-0.15, -0.1) is 0 Å². The third-order valence-electron chi connectivity index (χ3n) is 12.9. The molecule has 286 valence electrons. The minimum absolute atomic E-state index is 0.190.